The maximum absolute atomic E-state index is 11.8. The Hall–Kier alpha value is -1.13. The monoisotopic (exact) mass is 281 g/mol. The lowest BCUT2D eigenvalue weighted by molar-refractivity contribution is 0.181. The number of hydrogen-bond donors (Lipinski definition) is 1. The fourth-order valence-electron chi connectivity index (χ4n) is 1.72. The van der Waals surface area contributed by atoms with Gasteiger partial charge in [-0.3, -0.25) is 4.79 Å². The summed E-state index contributed by atoms with van der Waals surface area (Å²) in [5, 5.41) is 0.709. The standard InChI is InChI=1S/C12H12BrNO2/c1-7-10(13)4-3-9-11(15)5-8(6-16-2)14-12(7)9/h3-5H,6H2,1-2H3,(H,14,15). The van der Waals surface area contributed by atoms with Gasteiger partial charge in [-0.2, -0.15) is 0 Å². The van der Waals surface area contributed by atoms with Crippen LogP contribution in [0.5, 0.6) is 0 Å². The molecule has 0 aliphatic heterocycles. The number of pyridine rings is 1. The molecule has 2 aromatic rings. The Morgan fingerprint density at radius 1 is 1.44 bits per heavy atom. The highest BCUT2D eigenvalue weighted by molar-refractivity contribution is 9.10. The van der Waals surface area contributed by atoms with E-state index in [0.29, 0.717) is 12.0 Å². The van der Waals surface area contributed by atoms with Crippen molar-refractivity contribution in [1.29, 1.82) is 0 Å². The van der Waals surface area contributed by atoms with Gasteiger partial charge < -0.3 is 9.72 Å². The van der Waals surface area contributed by atoms with Crippen molar-refractivity contribution in [1.82, 2.24) is 4.98 Å². The molecule has 84 valence electrons. The molecule has 0 unspecified atom stereocenters. The zero-order valence-electron chi connectivity index (χ0n) is 9.13. The maximum atomic E-state index is 11.8. The Bertz CT molecular complexity index is 589. The van der Waals surface area contributed by atoms with Crippen LogP contribution in [0.15, 0.2) is 27.5 Å². The summed E-state index contributed by atoms with van der Waals surface area (Å²) in [6, 6.07) is 5.30. The summed E-state index contributed by atoms with van der Waals surface area (Å²) < 4.78 is 6.01. The Balaban J connectivity index is 2.78. The van der Waals surface area contributed by atoms with E-state index in [4.69, 9.17) is 4.74 Å². The van der Waals surface area contributed by atoms with Gasteiger partial charge in [0.1, 0.15) is 0 Å². The fourth-order valence-corrected chi connectivity index (χ4v) is 2.05. The Kier molecular flexibility index (Phi) is 3.12. The number of rotatable bonds is 2. The number of hydrogen-bond acceptors (Lipinski definition) is 2. The van der Waals surface area contributed by atoms with Gasteiger partial charge in [-0.25, -0.2) is 0 Å². The van der Waals surface area contributed by atoms with E-state index >= 15 is 0 Å². The first-order chi connectivity index (χ1) is 7.63. The van der Waals surface area contributed by atoms with Crippen molar-refractivity contribution in [3.63, 3.8) is 0 Å². The second-order valence-corrected chi connectivity index (χ2v) is 4.54. The minimum Gasteiger partial charge on any atom is -0.378 e. The zero-order chi connectivity index (χ0) is 11.7. The molecule has 0 radical (unpaired) electrons. The van der Waals surface area contributed by atoms with Gasteiger partial charge in [0.2, 0.25) is 0 Å². The summed E-state index contributed by atoms with van der Waals surface area (Å²) in [6.45, 7) is 2.38. The lowest BCUT2D eigenvalue weighted by Crippen LogP contribution is -2.06. The average molecular weight is 282 g/mol. The van der Waals surface area contributed by atoms with Crippen LogP contribution in [0.2, 0.25) is 0 Å². The fraction of sp³-hybridized carbons (Fsp3) is 0.250. The number of fused-ring (bicyclic) bond motifs is 1. The van der Waals surface area contributed by atoms with E-state index in [1.807, 2.05) is 19.1 Å². The molecule has 1 heterocycles. The number of aromatic amines is 1. The molecule has 0 spiro atoms. The molecule has 0 aliphatic rings. The molecule has 2 rings (SSSR count). The number of methoxy groups -OCH3 is 1. The van der Waals surface area contributed by atoms with E-state index in [-0.39, 0.29) is 5.43 Å². The van der Waals surface area contributed by atoms with Crippen LogP contribution < -0.4 is 5.43 Å². The van der Waals surface area contributed by atoms with Crippen LogP contribution in [0.3, 0.4) is 0 Å². The number of nitrogens with one attached hydrogen (secondary N) is 1. The molecule has 0 atom stereocenters. The number of aryl methyl sites for hydroxylation is 1. The van der Waals surface area contributed by atoms with Gasteiger partial charge in [0, 0.05) is 28.7 Å². The molecule has 3 nitrogen and oxygen atoms in total. The molecule has 0 saturated heterocycles. The third-order valence-electron chi connectivity index (χ3n) is 2.56. The molecule has 1 aromatic heterocycles. The van der Waals surface area contributed by atoms with E-state index in [9.17, 15) is 4.79 Å². The average Bonchev–Trinajstić information content (AvgIpc) is 2.25. The molecular weight excluding hydrogens is 270 g/mol. The van der Waals surface area contributed by atoms with Crippen molar-refractivity contribution < 1.29 is 4.74 Å². The van der Waals surface area contributed by atoms with Crippen LogP contribution in [-0.4, -0.2) is 12.1 Å². The molecule has 16 heavy (non-hydrogen) atoms. The summed E-state index contributed by atoms with van der Waals surface area (Å²) >= 11 is 3.45. The van der Waals surface area contributed by atoms with Crippen LogP contribution in [0, 0.1) is 6.92 Å². The molecule has 1 N–H and O–H groups in total. The van der Waals surface area contributed by atoms with E-state index in [0.717, 1.165) is 21.2 Å². The van der Waals surface area contributed by atoms with Gasteiger partial charge in [-0.15, -0.1) is 0 Å². The number of ether oxygens (including phenoxy) is 1. The van der Waals surface area contributed by atoms with Crippen LogP contribution in [0.25, 0.3) is 10.9 Å². The summed E-state index contributed by atoms with van der Waals surface area (Å²) in [7, 11) is 1.61. The summed E-state index contributed by atoms with van der Waals surface area (Å²) in [6.07, 6.45) is 0. The predicted octanol–water partition coefficient (Wildman–Crippen LogP) is 2.75. The lowest BCUT2D eigenvalue weighted by Gasteiger charge is -2.07. The lowest BCUT2D eigenvalue weighted by atomic mass is 10.1. The van der Waals surface area contributed by atoms with Gasteiger partial charge in [0.25, 0.3) is 0 Å². The summed E-state index contributed by atoms with van der Waals surface area (Å²) in [4.78, 5) is 15.1. The Morgan fingerprint density at radius 3 is 2.88 bits per heavy atom. The van der Waals surface area contributed by atoms with Crippen molar-refractivity contribution in [3.05, 3.63) is 44.2 Å². The molecule has 4 heteroatoms. The first-order valence-corrected chi connectivity index (χ1v) is 5.72. The third kappa shape index (κ3) is 1.90. The SMILES string of the molecule is COCc1cc(=O)c2ccc(Br)c(C)c2[nH]1. The summed E-state index contributed by atoms with van der Waals surface area (Å²) in [5.41, 5.74) is 2.72. The van der Waals surface area contributed by atoms with Crippen LogP contribution in [0.1, 0.15) is 11.3 Å². The molecule has 0 fully saturated rings. The number of benzene rings is 1. The molecule has 0 aliphatic carbocycles. The smallest absolute Gasteiger partial charge is 0.189 e. The van der Waals surface area contributed by atoms with E-state index in [1.54, 1.807) is 13.2 Å². The molecule has 1 aromatic carbocycles. The van der Waals surface area contributed by atoms with E-state index in [2.05, 4.69) is 20.9 Å². The van der Waals surface area contributed by atoms with Gasteiger partial charge in [0.05, 0.1) is 12.1 Å². The van der Waals surface area contributed by atoms with E-state index in [1.165, 1.54) is 0 Å². The predicted molar refractivity (Wildman–Crippen MR) is 67.7 cm³/mol. The molecular formula is C12H12BrNO2. The normalized spacial score (nSPS) is 10.9. The van der Waals surface area contributed by atoms with Crippen molar-refractivity contribution in [2.45, 2.75) is 13.5 Å². The van der Waals surface area contributed by atoms with Crippen LogP contribution in [-0.2, 0) is 11.3 Å². The van der Waals surface area contributed by atoms with Crippen LogP contribution in [0.4, 0.5) is 0 Å². The van der Waals surface area contributed by atoms with Crippen molar-refractivity contribution in [2.75, 3.05) is 7.11 Å². The first kappa shape index (κ1) is 11.4. The highest BCUT2D eigenvalue weighted by atomic mass is 79.9. The largest absolute Gasteiger partial charge is 0.378 e. The highest BCUT2D eigenvalue weighted by Crippen LogP contribution is 2.22. The van der Waals surface area contributed by atoms with E-state index < -0.39 is 0 Å². The first-order valence-electron chi connectivity index (χ1n) is 4.93. The Labute approximate surface area is 102 Å². The zero-order valence-corrected chi connectivity index (χ0v) is 10.7. The minimum absolute atomic E-state index is 0.0244. The van der Waals surface area contributed by atoms with Gasteiger partial charge in [-0.05, 0) is 24.6 Å². The molecule has 0 amide bonds. The second-order valence-electron chi connectivity index (χ2n) is 3.69. The minimum atomic E-state index is 0.0244. The van der Waals surface area contributed by atoms with Gasteiger partial charge in [0.15, 0.2) is 5.43 Å². The van der Waals surface area contributed by atoms with Gasteiger partial charge >= 0.3 is 0 Å². The second kappa shape index (κ2) is 4.39. The topological polar surface area (TPSA) is 42.1 Å². The highest BCUT2D eigenvalue weighted by Gasteiger charge is 2.06. The van der Waals surface area contributed by atoms with Crippen molar-refractivity contribution in [2.24, 2.45) is 0 Å². The number of H-pyrrole nitrogens is 1. The Morgan fingerprint density at radius 2 is 2.19 bits per heavy atom. The van der Waals surface area contributed by atoms with Crippen molar-refractivity contribution >= 4 is 26.8 Å². The number of halogens is 1. The quantitative estimate of drug-likeness (QED) is 0.920. The third-order valence-corrected chi connectivity index (χ3v) is 3.41. The summed E-state index contributed by atoms with van der Waals surface area (Å²) in [5.74, 6) is 0. The number of aromatic nitrogens is 1. The van der Waals surface area contributed by atoms with Gasteiger partial charge in [-0.1, -0.05) is 15.9 Å². The molecule has 0 bridgehead atoms. The van der Waals surface area contributed by atoms with Crippen LogP contribution >= 0.6 is 15.9 Å². The molecule has 0 saturated carbocycles. The van der Waals surface area contributed by atoms with Crippen molar-refractivity contribution in [3.8, 4) is 0 Å². The maximum Gasteiger partial charge on any atom is 0.189 e.